The molecule has 1 saturated heterocycles. The van der Waals surface area contributed by atoms with Gasteiger partial charge in [0.05, 0.1) is 12.5 Å². The zero-order valence-corrected chi connectivity index (χ0v) is 10.8. The van der Waals surface area contributed by atoms with Gasteiger partial charge in [0.25, 0.3) is 5.95 Å². The summed E-state index contributed by atoms with van der Waals surface area (Å²) in [5, 5.41) is 9.86. The van der Waals surface area contributed by atoms with Gasteiger partial charge in [-0.15, -0.1) is 0 Å². The van der Waals surface area contributed by atoms with E-state index in [2.05, 4.69) is 20.8 Å². The summed E-state index contributed by atoms with van der Waals surface area (Å²) in [5.74, 6) is 1.07. The fraction of sp³-hybridized carbons (Fsp3) is 0.727. The Hall–Kier alpha value is -1.63. The van der Waals surface area contributed by atoms with Crippen molar-refractivity contribution in [3.8, 4) is 0 Å². The molecule has 0 spiro atoms. The fourth-order valence-electron chi connectivity index (χ4n) is 1.95. The molecule has 2 heterocycles. The Balaban J connectivity index is 1.99. The largest absolute Gasteiger partial charge is 0.353 e. The lowest BCUT2D eigenvalue weighted by molar-refractivity contribution is -0.124. The van der Waals surface area contributed by atoms with Crippen molar-refractivity contribution in [3.05, 3.63) is 5.89 Å². The van der Waals surface area contributed by atoms with Gasteiger partial charge >= 0.3 is 0 Å². The summed E-state index contributed by atoms with van der Waals surface area (Å²) in [6.45, 7) is 7.18. The van der Waals surface area contributed by atoms with E-state index in [-0.39, 0.29) is 11.9 Å². The van der Waals surface area contributed by atoms with Crippen LogP contribution in [-0.2, 0) is 11.2 Å². The van der Waals surface area contributed by atoms with E-state index >= 15 is 0 Å². The highest BCUT2D eigenvalue weighted by molar-refractivity contribution is 5.82. The molecule has 1 aromatic heterocycles. The summed E-state index contributed by atoms with van der Waals surface area (Å²) in [4.78, 5) is 17.9. The molecule has 1 amide bonds. The standard InChI is InChI=1S/C11H19N5O2/c1-3-16(4-2)11-14-9(18-15-11)7-8-10(17)13-6-5-12-8/h8,12H,3-7H2,1-2H3,(H,13,17). The number of hydrogen-bond acceptors (Lipinski definition) is 6. The third-order valence-electron chi connectivity index (χ3n) is 3.01. The van der Waals surface area contributed by atoms with Gasteiger partial charge in [0, 0.05) is 26.2 Å². The zero-order chi connectivity index (χ0) is 13.0. The highest BCUT2D eigenvalue weighted by Crippen LogP contribution is 2.10. The third-order valence-corrected chi connectivity index (χ3v) is 3.01. The highest BCUT2D eigenvalue weighted by atomic mass is 16.5. The summed E-state index contributed by atoms with van der Waals surface area (Å²) in [6.07, 6.45) is 0.431. The van der Waals surface area contributed by atoms with Crippen molar-refractivity contribution < 1.29 is 9.32 Å². The van der Waals surface area contributed by atoms with Gasteiger partial charge in [-0.1, -0.05) is 0 Å². The number of piperazine rings is 1. The summed E-state index contributed by atoms with van der Waals surface area (Å²) in [5.41, 5.74) is 0. The second kappa shape index (κ2) is 5.81. The van der Waals surface area contributed by atoms with Gasteiger partial charge in [-0.05, 0) is 19.0 Å². The molecule has 100 valence electrons. The molecule has 1 unspecified atom stereocenters. The topological polar surface area (TPSA) is 83.3 Å². The maximum Gasteiger partial charge on any atom is 0.266 e. The quantitative estimate of drug-likeness (QED) is 0.739. The van der Waals surface area contributed by atoms with E-state index in [0.717, 1.165) is 19.6 Å². The van der Waals surface area contributed by atoms with Crippen LogP contribution in [0.15, 0.2) is 4.52 Å². The van der Waals surface area contributed by atoms with Gasteiger partial charge in [-0.2, -0.15) is 4.98 Å². The lowest BCUT2D eigenvalue weighted by atomic mass is 10.1. The molecule has 18 heavy (non-hydrogen) atoms. The molecule has 0 saturated carbocycles. The number of anilines is 1. The van der Waals surface area contributed by atoms with Crippen molar-refractivity contribution in [1.82, 2.24) is 20.8 Å². The summed E-state index contributed by atoms with van der Waals surface area (Å²) in [7, 11) is 0. The second-order valence-electron chi connectivity index (χ2n) is 4.16. The molecule has 1 aliphatic heterocycles. The van der Waals surface area contributed by atoms with Gasteiger partial charge in [0.2, 0.25) is 11.8 Å². The van der Waals surface area contributed by atoms with Crippen molar-refractivity contribution in [3.63, 3.8) is 0 Å². The number of nitrogens with one attached hydrogen (secondary N) is 2. The number of amides is 1. The van der Waals surface area contributed by atoms with Crippen LogP contribution in [0.25, 0.3) is 0 Å². The number of aromatic nitrogens is 2. The first-order valence-electron chi connectivity index (χ1n) is 6.33. The predicted molar refractivity (Wildman–Crippen MR) is 66.4 cm³/mol. The van der Waals surface area contributed by atoms with Gasteiger partial charge < -0.3 is 20.1 Å². The lowest BCUT2D eigenvalue weighted by Crippen LogP contribution is -2.53. The molecule has 0 bridgehead atoms. The molecule has 1 fully saturated rings. The summed E-state index contributed by atoms with van der Waals surface area (Å²) in [6, 6.07) is -0.274. The van der Waals surface area contributed by atoms with Crippen LogP contribution in [0, 0.1) is 0 Å². The van der Waals surface area contributed by atoms with E-state index in [1.54, 1.807) is 0 Å². The number of rotatable bonds is 5. The lowest BCUT2D eigenvalue weighted by Gasteiger charge is -2.21. The van der Waals surface area contributed by atoms with Crippen LogP contribution in [0.2, 0.25) is 0 Å². The molecule has 7 heteroatoms. The monoisotopic (exact) mass is 253 g/mol. The SMILES string of the molecule is CCN(CC)c1noc(CC2NCCNC2=O)n1. The first-order valence-corrected chi connectivity index (χ1v) is 6.33. The Labute approximate surface area is 106 Å². The Morgan fingerprint density at radius 2 is 2.17 bits per heavy atom. The van der Waals surface area contributed by atoms with Crippen LogP contribution in [0.3, 0.4) is 0 Å². The molecule has 0 radical (unpaired) electrons. The summed E-state index contributed by atoms with van der Waals surface area (Å²) >= 11 is 0. The average molecular weight is 253 g/mol. The number of nitrogens with zero attached hydrogens (tertiary/aromatic N) is 3. The normalized spacial score (nSPS) is 19.7. The van der Waals surface area contributed by atoms with Crippen LogP contribution in [0.5, 0.6) is 0 Å². The van der Waals surface area contributed by atoms with E-state index in [9.17, 15) is 4.79 Å². The van der Waals surface area contributed by atoms with Crippen LogP contribution in [0.4, 0.5) is 5.95 Å². The molecule has 1 aliphatic rings. The van der Waals surface area contributed by atoms with Crippen molar-refractivity contribution in [2.75, 3.05) is 31.1 Å². The first kappa shape index (κ1) is 12.8. The van der Waals surface area contributed by atoms with E-state index in [1.807, 2.05) is 18.7 Å². The van der Waals surface area contributed by atoms with Crippen LogP contribution >= 0.6 is 0 Å². The zero-order valence-electron chi connectivity index (χ0n) is 10.8. The fourth-order valence-corrected chi connectivity index (χ4v) is 1.95. The predicted octanol–water partition coefficient (Wildman–Crippen LogP) is -0.454. The van der Waals surface area contributed by atoms with Gasteiger partial charge in [0.15, 0.2) is 0 Å². The second-order valence-corrected chi connectivity index (χ2v) is 4.16. The van der Waals surface area contributed by atoms with E-state index < -0.39 is 0 Å². The van der Waals surface area contributed by atoms with E-state index in [0.29, 0.717) is 24.8 Å². The first-order chi connectivity index (χ1) is 8.74. The third kappa shape index (κ3) is 2.79. The minimum Gasteiger partial charge on any atom is -0.353 e. The van der Waals surface area contributed by atoms with Gasteiger partial charge in [-0.3, -0.25) is 4.79 Å². The number of carbonyl (C=O) groups excluding carboxylic acids is 1. The molecule has 0 aromatic carbocycles. The van der Waals surface area contributed by atoms with Crippen molar-refractivity contribution in [2.24, 2.45) is 0 Å². The smallest absolute Gasteiger partial charge is 0.266 e. The van der Waals surface area contributed by atoms with Gasteiger partial charge in [-0.25, -0.2) is 0 Å². The molecule has 2 rings (SSSR count). The minimum absolute atomic E-state index is 0.0103. The maximum atomic E-state index is 11.6. The van der Waals surface area contributed by atoms with Crippen LogP contribution in [-0.4, -0.2) is 48.3 Å². The average Bonchev–Trinajstić information content (AvgIpc) is 2.82. The van der Waals surface area contributed by atoms with E-state index in [4.69, 9.17) is 4.52 Å². The number of carbonyl (C=O) groups is 1. The molecule has 2 N–H and O–H groups in total. The Kier molecular flexibility index (Phi) is 4.14. The summed E-state index contributed by atoms with van der Waals surface area (Å²) < 4.78 is 5.18. The molecular weight excluding hydrogens is 234 g/mol. The number of hydrogen-bond donors (Lipinski definition) is 2. The van der Waals surface area contributed by atoms with Crippen molar-refractivity contribution in [1.29, 1.82) is 0 Å². The van der Waals surface area contributed by atoms with Crippen LogP contribution in [0.1, 0.15) is 19.7 Å². The molecule has 1 aromatic rings. The molecule has 1 atom stereocenters. The highest BCUT2D eigenvalue weighted by Gasteiger charge is 2.24. The van der Waals surface area contributed by atoms with Crippen molar-refractivity contribution >= 4 is 11.9 Å². The Morgan fingerprint density at radius 1 is 1.39 bits per heavy atom. The molecule has 0 aliphatic carbocycles. The van der Waals surface area contributed by atoms with Crippen LogP contribution < -0.4 is 15.5 Å². The Bertz CT molecular complexity index is 402. The minimum atomic E-state index is -0.274. The van der Waals surface area contributed by atoms with E-state index in [1.165, 1.54) is 0 Å². The molecule has 7 nitrogen and oxygen atoms in total. The Morgan fingerprint density at radius 3 is 2.83 bits per heavy atom. The van der Waals surface area contributed by atoms with Gasteiger partial charge in [0.1, 0.15) is 0 Å². The maximum absolute atomic E-state index is 11.6. The molecular formula is C11H19N5O2. The van der Waals surface area contributed by atoms with Crippen molar-refractivity contribution in [2.45, 2.75) is 26.3 Å².